The number of benzene rings is 2. The Labute approximate surface area is 164 Å². The van der Waals surface area contributed by atoms with Crippen molar-refractivity contribution in [2.75, 3.05) is 19.8 Å². The van der Waals surface area contributed by atoms with E-state index in [1.165, 1.54) is 0 Å². The van der Waals surface area contributed by atoms with E-state index in [1.807, 2.05) is 60.7 Å². The van der Waals surface area contributed by atoms with E-state index in [0.717, 1.165) is 17.6 Å². The molecule has 0 fully saturated rings. The van der Waals surface area contributed by atoms with Crippen molar-refractivity contribution in [3.63, 3.8) is 0 Å². The Hall–Kier alpha value is -3.54. The molecule has 0 bridgehead atoms. The van der Waals surface area contributed by atoms with Crippen molar-refractivity contribution in [1.29, 1.82) is 0 Å². The fourth-order valence-corrected chi connectivity index (χ4v) is 1.79. The molecule has 28 heavy (non-hydrogen) atoms. The van der Waals surface area contributed by atoms with Gasteiger partial charge in [0.05, 0.1) is 6.61 Å². The average molecular weight is 384 g/mol. The van der Waals surface area contributed by atoms with Crippen LogP contribution in [0.1, 0.15) is 6.42 Å². The van der Waals surface area contributed by atoms with Crippen LogP contribution in [0.2, 0.25) is 0 Å². The van der Waals surface area contributed by atoms with Crippen molar-refractivity contribution in [3.8, 4) is 11.5 Å². The highest BCUT2D eigenvalue weighted by atomic mass is 16.6. The number of hydrogen-bond donors (Lipinski definition) is 1. The van der Waals surface area contributed by atoms with Crippen LogP contribution < -0.4 is 9.47 Å². The van der Waals surface area contributed by atoms with Gasteiger partial charge in [-0.1, -0.05) is 49.6 Å². The first kappa shape index (κ1) is 22.5. The van der Waals surface area contributed by atoms with E-state index in [2.05, 4.69) is 13.2 Å². The Balaban J connectivity index is 0.000000280. The van der Waals surface area contributed by atoms with Gasteiger partial charge < -0.3 is 19.3 Å². The number of esters is 1. The van der Waals surface area contributed by atoms with Gasteiger partial charge in [0.15, 0.2) is 0 Å². The number of para-hydroxylation sites is 2. The summed E-state index contributed by atoms with van der Waals surface area (Å²) in [5.74, 6) is 0.108. The third kappa shape index (κ3) is 10.5. The van der Waals surface area contributed by atoms with Gasteiger partial charge in [-0.25, -0.2) is 9.59 Å². The molecule has 6 heteroatoms. The summed E-state index contributed by atoms with van der Waals surface area (Å²) in [5.41, 5.74) is 0.168. The minimum atomic E-state index is -0.971. The van der Waals surface area contributed by atoms with Crippen LogP contribution in [0.4, 0.5) is 0 Å². The number of hydrogen-bond acceptors (Lipinski definition) is 5. The summed E-state index contributed by atoms with van der Waals surface area (Å²) in [4.78, 5) is 21.0. The predicted octanol–water partition coefficient (Wildman–Crippen LogP) is 3.89. The molecule has 0 amide bonds. The molecule has 0 unspecified atom stereocenters. The van der Waals surface area contributed by atoms with E-state index >= 15 is 0 Å². The fourth-order valence-electron chi connectivity index (χ4n) is 1.79. The lowest BCUT2D eigenvalue weighted by atomic mass is 10.2. The van der Waals surface area contributed by atoms with Crippen molar-refractivity contribution in [2.24, 2.45) is 0 Å². The molecule has 0 atom stereocenters. The summed E-state index contributed by atoms with van der Waals surface area (Å²) in [7, 11) is 0. The minimum absolute atomic E-state index is 0.168. The second kappa shape index (κ2) is 13.6. The topological polar surface area (TPSA) is 82.1 Å². The molecule has 148 valence electrons. The molecule has 0 saturated heterocycles. The first-order valence-corrected chi connectivity index (χ1v) is 8.59. The van der Waals surface area contributed by atoms with Gasteiger partial charge in [-0.2, -0.15) is 0 Å². The van der Waals surface area contributed by atoms with E-state index in [1.54, 1.807) is 0 Å². The summed E-state index contributed by atoms with van der Waals surface area (Å²) < 4.78 is 15.3. The summed E-state index contributed by atoms with van der Waals surface area (Å²) in [6, 6.07) is 18.6. The number of ether oxygens (including phenoxy) is 3. The zero-order valence-corrected chi connectivity index (χ0v) is 15.6. The number of carboxylic acids is 1. The summed E-state index contributed by atoms with van der Waals surface area (Å²) in [6.07, 6.45) is 1.47. The third-order valence-electron chi connectivity index (χ3n) is 3.22. The van der Waals surface area contributed by atoms with Crippen molar-refractivity contribution in [3.05, 3.63) is 85.5 Å². The van der Waals surface area contributed by atoms with E-state index in [4.69, 9.17) is 19.3 Å². The number of carbonyl (C=O) groups is 2. The number of carbonyl (C=O) groups excluding carboxylic acids is 1. The summed E-state index contributed by atoms with van der Waals surface area (Å²) in [5, 5.41) is 8.52. The van der Waals surface area contributed by atoms with Gasteiger partial charge in [-0.3, -0.25) is 0 Å². The lowest BCUT2D eigenvalue weighted by Crippen LogP contribution is -2.09. The molecule has 0 spiro atoms. The minimum Gasteiger partial charge on any atom is -0.493 e. The van der Waals surface area contributed by atoms with Gasteiger partial charge in [0, 0.05) is 18.1 Å². The normalized spacial score (nSPS) is 9.29. The molecule has 6 nitrogen and oxygen atoms in total. The lowest BCUT2D eigenvalue weighted by Gasteiger charge is -2.05. The van der Waals surface area contributed by atoms with Crippen LogP contribution in [0, 0.1) is 0 Å². The maximum Gasteiger partial charge on any atom is 0.331 e. The molecule has 0 heterocycles. The van der Waals surface area contributed by atoms with Crippen LogP contribution in [-0.4, -0.2) is 36.9 Å². The van der Waals surface area contributed by atoms with Crippen LogP contribution >= 0.6 is 0 Å². The van der Waals surface area contributed by atoms with Gasteiger partial charge in [0.2, 0.25) is 0 Å². The Morgan fingerprint density at radius 3 is 1.82 bits per heavy atom. The lowest BCUT2D eigenvalue weighted by molar-refractivity contribution is -0.138. The molecule has 0 saturated carbocycles. The highest BCUT2D eigenvalue weighted by molar-refractivity contribution is 5.85. The largest absolute Gasteiger partial charge is 0.493 e. The first-order chi connectivity index (χ1) is 13.5. The van der Waals surface area contributed by atoms with Gasteiger partial charge in [-0.15, -0.1) is 0 Å². The highest BCUT2D eigenvalue weighted by Crippen LogP contribution is 2.09. The first-order valence-electron chi connectivity index (χ1n) is 8.59. The van der Waals surface area contributed by atoms with Crippen molar-refractivity contribution in [2.45, 2.75) is 6.42 Å². The van der Waals surface area contributed by atoms with E-state index in [-0.39, 0.29) is 12.2 Å². The Bertz CT molecular complexity index is 738. The van der Waals surface area contributed by atoms with E-state index in [0.29, 0.717) is 19.6 Å². The standard InChI is InChI=1S/2C11H12O3/c1-9(11(12)13)7-8-14-10-5-3-2-4-6-10;1-2-11(12)14-9-8-13-10-6-4-3-5-7-10/h2-6H,1,7-8H2,(H,12,13);2-7H,1,8-9H2. The zero-order valence-electron chi connectivity index (χ0n) is 15.6. The number of carboxylic acid groups (broad SMARTS) is 1. The van der Waals surface area contributed by atoms with Gasteiger partial charge in [0.1, 0.15) is 24.7 Å². The average Bonchev–Trinajstić information content (AvgIpc) is 2.73. The SMILES string of the molecule is C=C(CCOc1ccccc1)C(=O)O.C=CC(=O)OCCOc1ccccc1. The number of aliphatic carboxylic acids is 1. The van der Waals surface area contributed by atoms with Crippen molar-refractivity contribution in [1.82, 2.24) is 0 Å². The van der Waals surface area contributed by atoms with Crippen LogP contribution in [0.3, 0.4) is 0 Å². The zero-order chi connectivity index (χ0) is 20.6. The summed E-state index contributed by atoms with van der Waals surface area (Å²) in [6.45, 7) is 7.62. The quantitative estimate of drug-likeness (QED) is 0.380. The van der Waals surface area contributed by atoms with Gasteiger partial charge >= 0.3 is 11.9 Å². The third-order valence-corrected chi connectivity index (χ3v) is 3.22. The second-order valence-electron chi connectivity index (χ2n) is 5.35. The molecule has 0 aliphatic heterocycles. The molecular formula is C22H24O6. The smallest absolute Gasteiger partial charge is 0.331 e. The Morgan fingerprint density at radius 1 is 0.857 bits per heavy atom. The van der Waals surface area contributed by atoms with Crippen LogP contribution in [-0.2, 0) is 14.3 Å². The van der Waals surface area contributed by atoms with Gasteiger partial charge in [0.25, 0.3) is 0 Å². The highest BCUT2D eigenvalue weighted by Gasteiger charge is 2.03. The molecule has 0 aliphatic rings. The molecule has 2 rings (SSSR count). The second-order valence-corrected chi connectivity index (χ2v) is 5.35. The van der Waals surface area contributed by atoms with Crippen molar-refractivity contribution >= 4 is 11.9 Å². The maximum absolute atomic E-state index is 10.6. The molecule has 0 aromatic heterocycles. The monoisotopic (exact) mass is 384 g/mol. The molecule has 0 radical (unpaired) electrons. The molecular weight excluding hydrogens is 360 g/mol. The fraction of sp³-hybridized carbons (Fsp3) is 0.182. The molecule has 2 aromatic rings. The van der Waals surface area contributed by atoms with Gasteiger partial charge in [-0.05, 0) is 24.3 Å². The maximum atomic E-state index is 10.6. The molecule has 2 aromatic carbocycles. The number of rotatable bonds is 10. The molecule has 0 aliphatic carbocycles. The molecule has 1 N–H and O–H groups in total. The Kier molecular flexibility index (Phi) is 11.0. The van der Waals surface area contributed by atoms with Crippen LogP contribution in [0.15, 0.2) is 85.5 Å². The van der Waals surface area contributed by atoms with E-state index in [9.17, 15) is 9.59 Å². The van der Waals surface area contributed by atoms with Crippen LogP contribution in [0.5, 0.6) is 11.5 Å². The summed E-state index contributed by atoms with van der Waals surface area (Å²) >= 11 is 0. The van der Waals surface area contributed by atoms with Crippen LogP contribution in [0.25, 0.3) is 0 Å². The van der Waals surface area contributed by atoms with E-state index < -0.39 is 11.9 Å². The Morgan fingerprint density at radius 2 is 1.36 bits per heavy atom. The van der Waals surface area contributed by atoms with Crippen molar-refractivity contribution < 1.29 is 28.9 Å². The predicted molar refractivity (Wildman–Crippen MR) is 106 cm³/mol.